The van der Waals surface area contributed by atoms with Gasteiger partial charge in [0.2, 0.25) is 0 Å². The predicted octanol–water partition coefficient (Wildman–Crippen LogP) is 1.98. The van der Waals surface area contributed by atoms with Gasteiger partial charge in [0, 0.05) is 25.2 Å². The number of rotatable bonds is 3. The van der Waals surface area contributed by atoms with E-state index in [0.29, 0.717) is 5.76 Å². The molecule has 4 nitrogen and oxygen atoms in total. The zero-order chi connectivity index (χ0) is 10.7. The Bertz CT molecular complexity index is 375. The van der Waals surface area contributed by atoms with Crippen molar-refractivity contribution in [2.45, 2.75) is 12.8 Å². The summed E-state index contributed by atoms with van der Waals surface area (Å²) in [5, 5.41) is 8.45. The molecule has 0 bridgehead atoms. The molecule has 0 saturated carbocycles. The first-order chi connectivity index (χ1) is 7.25. The van der Waals surface area contributed by atoms with E-state index in [1.54, 1.807) is 6.07 Å². The second-order valence-electron chi connectivity index (χ2n) is 3.54. The fraction of sp³-hybridized carbons (Fsp3) is 0.364. The number of nitrogens with zero attached hydrogens (tertiary/aromatic N) is 1. The van der Waals surface area contributed by atoms with Crippen LogP contribution in [0.4, 0.5) is 5.88 Å². The summed E-state index contributed by atoms with van der Waals surface area (Å²) in [4.78, 5) is 12.5. The largest absolute Gasteiger partial charge is 0.478 e. The zero-order valence-electron chi connectivity index (χ0n) is 8.35. The van der Waals surface area contributed by atoms with Gasteiger partial charge in [-0.1, -0.05) is 0 Å². The lowest BCUT2D eigenvalue weighted by atomic mass is 10.4. The molecule has 0 aromatic carbocycles. The fourth-order valence-corrected chi connectivity index (χ4v) is 1.69. The number of carbonyl (C=O) groups is 1. The van der Waals surface area contributed by atoms with E-state index < -0.39 is 5.97 Å². The number of anilines is 1. The van der Waals surface area contributed by atoms with Crippen LogP contribution in [-0.4, -0.2) is 24.2 Å². The van der Waals surface area contributed by atoms with Gasteiger partial charge >= 0.3 is 5.97 Å². The van der Waals surface area contributed by atoms with Gasteiger partial charge in [0.1, 0.15) is 5.76 Å². The van der Waals surface area contributed by atoms with Crippen molar-refractivity contribution in [1.82, 2.24) is 0 Å². The van der Waals surface area contributed by atoms with Gasteiger partial charge in [-0.25, -0.2) is 4.79 Å². The Kier molecular flexibility index (Phi) is 2.76. The van der Waals surface area contributed by atoms with Crippen LogP contribution in [0.5, 0.6) is 0 Å². The molecule has 0 spiro atoms. The molecule has 2 heterocycles. The molecular weight excluding hydrogens is 194 g/mol. The summed E-state index contributed by atoms with van der Waals surface area (Å²) in [5.41, 5.74) is 0. The Morgan fingerprint density at radius 3 is 2.80 bits per heavy atom. The lowest BCUT2D eigenvalue weighted by Gasteiger charge is -2.12. The predicted molar refractivity (Wildman–Crippen MR) is 56.8 cm³/mol. The Balaban J connectivity index is 2.06. The smallest absolute Gasteiger partial charge is 0.328 e. The molecular formula is C11H13NO3. The Labute approximate surface area is 87.8 Å². The molecule has 1 fully saturated rings. The minimum absolute atomic E-state index is 0.583. The van der Waals surface area contributed by atoms with Crippen molar-refractivity contribution >= 4 is 17.9 Å². The van der Waals surface area contributed by atoms with Crippen molar-refractivity contribution in [2.24, 2.45) is 0 Å². The molecule has 1 saturated heterocycles. The van der Waals surface area contributed by atoms with Crippen LogP contribution in [0, 0.1) is 0 Å². The van der Waals surface area contributed by atoms with Gasteiger partial charge in [-0.15, -0.1) is 0 Å². The molecule has 0 unspecified atom stereocenters. The number of hydrogen-bond acceptors (Lipinski definition) is 3. The van der Waals surface area contributed by atoms with E-state index in [0.717, 1.165) is 25.0 Å². The molecule has 1 N–H and O–H groups in total. The number of furan rings is 1. The van der Waals surface area contributed by atoms with Crippen LogP contribution in [0.25, 0.3) is 6.08 Å². The fourth-order valence-electron chi connectivity index (χ4n) is 1.69. The molecule has 1 aromatic rings. The van der Waals surface area contributed by atoms with Crippen molar-refractivity contribution < 1.29 is 14.3 Å². The molecule has 4 heteroatoms. The number of carboxylic acid groups (broad SMARTS) is 1. The summed E-state index contributed by atoms with van der Waals surface area (Å²) < 4.78 is 5.49. The zero-order valence-corrected chi connectivity index (χ0v) is 8.35. The summed E-state index contributed by atoms with van der Waals surface area (Å²) in [6.07, 6.45) is 4.93. The van der Waals surface area contributed by atoms with Gasteiger partial charge in [-0.2, -0.15) is 0 Å². The molecule has 2 rings (SSSR count). The summed E-state index contributed by atoms with van der Waals surface area (Å²) in [6, 6.07) is 3.67. The first-order valence-corrected chi connectivity index (χ1v) is 5.01. The summed E-state index contributed by atoms with van der Waals surface area (Å²) >= 11 is 0. The average molecular weight is 207 g/mol. The molecule has 80 valence electrons. The molecule has 1 aliphatic heterocycles. The van der Waals surface area contributed by atoms with Crippen LogP contribution < -0.4 is 4.90 Å². The Morgan fingerprint density at radius 1 is 1.40 bits per heavy atom. The van der Waals surface area contributed by atoms with Crippen molar-refractivity contribution in [3.8, 4) is 0 Å². The van der Waals surface area contributed by atoms with E-state index in [-0.39, 0.29) is 0 Å². The maximum Gasteiger partial charge on any atom is 0.328 e. The number of aliphatic carboxylic acids is 1. The molecule has 1 aliphatic rings. The van der Waals surface area contributed by atoms with Crippen LogP contribution in [-0.2, 0) is 4.79 Å². The minimum atomic E-state index is -0.964. The molecule has 1 aromatic heterocycles. The first kappa shape index (κ1) is 9.83. The third-order valence-corrected chi connectivity index (χ3v) is 2.42. The lowest BCUT2D eigenvalue weighted by Crippen LogP contribution is -2.16. The van der Waals surface area contributed by atoms with Gasteiger partial charge in [0.25, 0.3) is 0 Å². The van der Waals surface area contributed by atoms with E-state index in [1.165, 1.54) is 18.9 Å². The van der Waals surface area contributed by atoms with Crippen molar-refractivity contribution in [3.63, 3.8) is 0 Å². The third kappa shape index (κ3) is 2.40. The van der Waals surface area contributed by atoms with Crippen molar-refractivity contribution in [3.05, 3.63) is 24.0 Å². The second-order valence-corrected chi connectivity index (χ2v) is 3.54. The monoisotopic (exact) mass is 207 g/mol. The molecule has 0 radical (unpaired) electrons. The van der Waals surface area contributed by atoms with Gasteiger partial charge in [0.05, 0.1) is 0 Å². The maximum atomic E-state index is 10.3. The van der Waals surface area contributed by atoms with E-state index >= 15 is 0 Å². The van der Waals surface area contributed by atoms with Crippen LogP contribution in [0.2, 0.25) is 0 Å². The van der Waals surface area contributed by atoms with Crippen molar-refractivity contribution in [2.75, 3.05) is 18.0 Å². The van der Waals surface area contributed by atoms with Gasteiger partial charge in [-0.05, 0) is 25.0 Å². The minimum Gasteiger partial charge on any atom is -0.478 e. The van der Waals surface area contributed by atoms with Crippen molar-refractivity contribution in [1.29, 1.82) is 0 Å². The Hall–Kier alpha value is -1.71. The van der Waals surface area contributed by atoms with Crippen LogP contribution >= 0.6 is 0 Å². The van der Waals surface area contributed by atoms with Gasteiger partial charge < -0.3 is 14.4 Å². The van der Waals surface area contributed by atoms with Gasteiger partial charge in [0.15, 0.2) is 5.88 Å². The average Bonchev–Trinajstić information content (AvgIpc) is 2.85. The summed E-state index contributed by atoms with van der Waals surface area (Å²) in [6.45, 7) is 2.05. The standard InChI is InChI=1S/C11H13NO3/c13-11(14)6-4-9-3-5-10(15-9)12-7-1-2-8-12/h3-6H,1-2,7-8H2,(H,13,14)/b6-4+. The summed E-state index contributed by atoms with van der Waals surface area (Å²) in [5.74, 6) is 0.450. The molecule has 0 aliphatic carbocycles. The van der Waals surface area contributed by atoms with Crippen LogP contribution in [0.3, 0.4) is 0 Å². The SMILES string of the molecule is O=C(O)/C=C/c1ccc(N2CCCC2)o1. The Morgan fingerprint density at radius 2 is 2.13 bits per heavy atom. The molecule has 0 amide bonds. The lowest BCUT2D eigenvalue weighted by molar-refractivity contribution is -0.131. The highest BCUT2D eigenvalue weighted by atomic mass is 16.4. The molecule has 15 heavy (non-hydrogen) atoms. The number of hydrogen-bond donors (Lipinski definition) is 1. The third-order valence-electron chi connectivity index (χ3n) is 2.42. The highest BCUT2D eigenvalue weighted by Crippen LogP contribution is 2.23. The molecule has 0 atom stereocenters. The quantitative estimate of drug-likeness (QED) is 0.770. The van der Waals surface area contributed by atoms with E-state index in [9.17, 15) is 4.79 Å². The number of carboxylic acids is 1. The topological polar surface area (TPSA) is 53.7 Å². The maximum absolute atomic E-state index is 10.3. The highest BCUT2D eigenvalue weighted by Gasteiger charge is 2.14. The van der Waals surface area contributed by atoms with Gasteiger partial charge in [-0.3, -0.25) is 0 Å². The van der Waals surface area contributed by atoms with Crippen LogP contribution in [0.15, 0.2) is 22.6 Å². The highest BCUT2D eigenvalue weighted by molar-refractivity contribution is 5.84. The van der Waals surface area contributed by atoms with Crippen LogP contribution in [0.1, 0.15) is 18.6 Å². The summed E-state index contributed by atoms with van der Waals surface area (Å²) in [7, 11) is 0. The van der Waals surface area contributed by atoms with E-state index in [1.807, 2.05) is 6.07 Å². The second kappa shape index (κ2) is 4.21. The van der Waals surface area contributed by atoms with E-state index in [4.69, 9.17) is 9.52 Å². The normalized spacial score (nSPS) is 16.4. The first-order valence-electron chi connectivity index (χ1n) is 5.01. The van der Waals surface area contributed by atoms with E-state index in [2.05, 4.69) is 4.90 Å².